The number of hydrogen-bond acceptors (Lipinski definition) is 12. The van der Waals surface area contributed by atoms with E-state index in [1.54, 1.807) is 0 Å². The summed E-state index contributed by atoms with van der Waals surface area (Å²) in [6.07, 6.45) is 12.8. The first-order valence-electron chi connectivity index (χ1n) is 33.4. The minimum atomic E-state index is 0.359. The number of piperazine rings is 3. The second kappa shape index (κ2) is 26.6. The van der Waals surface area contributed by atoms with Crippen LogP contribution in [0, 0.1) is 23.7 Å². The number of likely N-dealkylation sites (N-methyl/N-ethyl adjacent to an activating group) is 3. The molecule has 0 amide bonds. The number of fused-ring (bicyclic) bond motifs is 7. The quantitative estimate of drug-likeness (QED) is 0.233. The highest BCUT2D eigenvalue weighted by atomic mass is 15.4. The van der Waals surface area contributed by atoms with Crippen LogP contribution in [0.25, 0.3) is 0 Å². The second-order valence-electron chi connectivity index (χ2n) is 34.1. The summed E-state index contributed by atoms with van der Waals surface area (Å²) in [4.78, 5) is 31.4. The minimum Gasteiger partial charge on any atom is -0.306 e. The molecule has 12 heterocycles. The molecular weight excluding hydrogens is 973 g/mol. The Morgan fingerprint density at radius 2 is 0.684 bits per heavy atom. The van der Waals surface area contributed by atoms with Gasteiger partial charge < -0.3 is 19.6 Å². The number of rotatable bonds is 0. The second-order valence-corrected chi connectivity index (χ2v) is 34.1. The molecule has 0 N–H and O–H groups in total. The number of likely N-dealkylation sites (tertiary alicyclic amines) is 8. The van der Waals surface area contributed by atoms with E-state index in [4.69, 9.17) is 0 Å². The molecule has 0 aromatic rings. The topological polar surface area (TPSA) is 38.9 Å². The summed E-state index contributed by atoms with van der Waals surface area (Å²) >= 11 is 0. The Kier molecular flexibility index (Phi) is 22.3. The lowest BCUT2D eigenvalue weighted by Crippen LogP contribution is -2.59. The molecule has 10 unspecified atom stereocenters. The zero-order valence-electron chi connectivity index (χ0n) is 56.6. The van der Waals surface area contributed by atoms with Crippen molar-refractivity contribution in [2.45, 2.75) is 252 Å². The molecule has 12 rings (SSSR count). The molecule has 0 aromatic heterocycles. The SMILES string of the molecule is CC(C)(C)N1CCN2CCCC2C1.CC(C)(C)N1CCN2CCCCC2C1.CN1CC2CC1CN2C(C)(C)C.CN1CC2CN(C(C)(C)C)CC2C1.CN1CCC2CN(C(C)(C)C)CC21.CN1CCCC2CN(C(C)(C)C)CC21. The van der Waals surface area contributed by atoms with E-state index >= 15 is 0 Å². The Labute approximate surface area is 491 Å². The fourth-order valence-corrected chi connectivity index (χ4v) is 16.5. The fourth-order valence-electron chi connectivity index (χ4n) is 16.5. The van der Waals surface area contributed by atoms with Crippen molar-refractivity contribution >= 4 is 0 Å². The summed E-state index contributed by atoms with van der Waals surface area (Å²) in [6, 6.07) is 5.08. The standard InChI is InChI=1S/2C12H24N2.3C11H22N2.C10H20N2/c1-12(2,3)14-8-10-6-5-7-13(4)11(10)9-14;1-12(2,3)14-9-8-13-7-5-4-6-11(13)10-14;1-11(2,3)13-7-9-5-12(4)6-10(9)8-13;1-11(2,3)13-7-9-5-6-12(4)10(9)8-13;1-11(2,3)13-8-7-12-6-4-5-10(12)9-13;1-10(2,3)12-7-8-5-9(12)6-11(8)4/h10-11H,5-9H2,1-4H3;11H,4-10H2,1-3H3;2*9-10H,5-8H2,1-4H3;10H,4-9H2,1-3H3;8-9H,5-7H2,1-4H3. The van der Waals surface area contributed by atoms with E-state index < -0.39 is 0 Å². The van der Waals surface area contributed by atoms with Crippen molar-refractivity contribution in [2.24, 2.45) is 23.7 Å². The van der Waals surface area contributed by atoms with Gasteiger partial charge in [0.05, 0.1) is 0 Å². The van der Waals surface area contributed by atoms with Gasteiger partial charge in [-0.25, -0.2) is 0 Å². The highest BCUT2D eigenvalue weighted by Gasteiger charge is 2.47. The number of hydrogen-bond donors (Lipinski definition) is 0. The summed E-state index contributed by atoms with van der Waals surface area (Å²) in [5.74, 6) is 3.78. The molecule has 12 heteroatoms. The van der Waals surface area contributed by atoms with E-state index in [1.807, 2.05) is 0 Å². The van der Waals surface area contributed by atoms with Gasteiger partial charge in [0.25, 0.3) is 0 Å². The average molecular weight is 1110 g/mol. The maximum Gasteiger partial charge on any atom is 0.0261 e. The molecule has 10 atom stereocenters. The maximum absolute atomic E-state index is 2.70. The van der Waals surface area contributed by atoms with E-state index in [9.17, 15) is 0 Å². The molecule has 0 radical (unpaired) electrons. The molecule has 0 spiro atoms. The largest absolute Gasteiger partial charge is 0.306 e. The highest BCUT2D eigenvalue weighted by molar-refractivity contribution is 5.03. The molecule has 0 aromatic carbocycles. The van der Waals surface area contributed by atoms with Gasteiger partial charge in [-0.15, -0.1) is 0 Å². The third-order valence-electron chi connectivity index (χ3n) is 22.1. The fraction of sp³-hybridized carbons (Fsp3) is 1.00. The number of nitrogens with zero attached hydrogens (tertiary/aromatic N) is 12. The third-order valence-corrected chi connectivity index (χ3v) is 22.1. The lowest BCUT2D eigenvalue weighted by molar-refractivity contribution is 0.00573. The van der Waals surface area contributed by atoms with E-state index in [0.717, 1.165) is 59.9 Å². The van der Waals surface area contributed by atoms with Crippen LogP contribution in [0.15, 0.2) is 0 Å². The molecule has 12 nitrogen and oxygen atoms in total. The molecule has 0 saturated carbocycles. The third kappa shape index (κ3) is 17.8. The summed E-state index contributed by atoms with van der Waals surface area (Å²) in [6.45, 7) is 68.0. The Morgan fingerprint density at radius 3 is 1.11 bits per heavy atom. The lowest BCUT2D eigenvalue weighted by Gasteiger charge is -2.48. The van der Waals surface area contributed by atoms with Crippen molar-refractivity contribution in [1.82, 2.24) is 58.8 Å². The van der Waals surface area contributed by atoms with Crippen LogP contribution < -0.4 is 0 Å². The summed E-state index contributed by atoms with van der Waals surface area (Å²) in [5, 5.41) is 0. The van der Waals surface area contributed by atoms with Gasteiger partial charge in [-0.05, 0) is 254 Å². The molecule has 12 saturated heterocycles. The van der Waals surface area contributed by atoms with E-state index in [-0.39, 0.29) is 0 Å². The van der Waals surface area contributed by atoms with Gasteiger partial charge in [-0.3, -0.25) is 39.2 Å². The van der Waals surface area contributed by atoms with Gasteiger partial charge in [-0.1, -0.05) is 6.42 Å². The molecule has 2 bridgehead atoms. The maximum atomic E-state index is 2.70. The molecular formula is C67H134N12. The van der Waals surface area contributed by atoms with Crippen LogP contribution in [0.2, 0.25) is 0 Å². The first-order valence-corrected chi connectivity index (χ1v) is 33.4. The Bertz CT molecular complexity index is 1800. The highest BCUT2D eigenvalue weighted by Crippen LogP contribution is 2.38. The smallest absolute Gasteiger partial charge is 0.0261 e. The van der Waals surface area contributed by atoms with Crippen LogP contribution in [-0.4, -0.2) is 287 Å². The lowest BCUT2D eigenvalue weighted by atomic mass is 9.93. The molecule has 12 fully saturated rings. The van der Waals surface area contributed by atoms with Crippen LogP contribution in [0.5, 0.6) is 0 Å². The molecule has 462 valence electrons. The van der Waals surface area contributed by atoms with Crippen molar-refractivity contribution < 1.29 is 0 Å². The Balaban J connectivity index is 0.000000137. The number of piperidine rings is 2. The van der Waals surface area contributed by atoms with Crippen LogP contribution in [0.4, 0.5) is 0 Å². The Morgan fingerprint density at radius 1 is 0.266 bits per heavy atom. The van der Waals surface area contributed by atoms with Crippen LogP contribution in [-0.2, 0) is 0 Å². The van der Waals surface area contributed by atoms with Crippen molar-refractivity contribution in [3.05, 3.63) is 0 Å². The van der Waals surface area contributed by atoms with Crippen molar-refractivity contribution in [3.8, 4) is 0 Å². The van der Waals surface area contributed by atoms with Gasteiger partial charge in [0.2, 0.25) is 0 Å². The van der Waals surface area contributed by atoms with Crippen molar-refractivity contribution in [2.75, 3.05) is 159 Å². The van der Waals surface area contributed by atoms with Gasteiger partial charge in [0, 0.05) is 174 Å². The minimum absolute atomic E-state index is 0.359. The summed E-state index contributed by atoms with van der Waals surface area (Å²) < 4.78 is 0. The van der Waals surface area contributed by atoms with E-state index in [0.29, 0.717) is 33.2 Å². The van der Waals surface area contributed by atoms with Crippen LogP contribution >= 0.6 is 0 Å². The normalized spacial score (nSPS) is 35.2. The first kappa shape index (κ1) is 66.1. The first-order chi connectivity index (χ1) is 36.6. The zero-order valence-corrected chi connectivity index (χ0v) is 56.6. The monoisotopic (exact) mass is 1110 g/mol. The average Bonchev–Trinajstić information content (AvgIpc) is 4.23. The molecule has 12 aliphatic rings. The van der Waals surface area contributed by atoms with Crippen LogP contribution in [0.3, 0.4) is 0 Å². The zero-order chi connectivity index (χ0) is 58.2. The molecule has 12 aliphatic heterocycles. The van der Waals surface area contributed by atoms with E-state index in [1.165, 1.54) is 189 Å². The van der Waals surface area contributed by atoms with Crippen LogP contribution in [0.1, 0.15) is 182 Å². The summed E-state index contributed by atoms with van der Waals surface area (Å²) in [7, 11) is 9.07. The molecule has 79 heavy (non-hydrogen) atoms. The van der Waals surface area contributed by atoms with Crippen molar-refractivity contribution in [3.63, 3.8) is 0 Å². The van der Waals surface area contributed by atoms with Gasteiger partial charge in [-0.2, -0.15) is 0 Å². The molecule has 0 aliphatic carbocycles. The van der Waals surface area contributed by atoms with Gasteiger partial charge in [0.1, 0.15) is 0 Å². The predicted molar refractivity (Wildman–Crippen MR) is 340 cm³/mol. The van der Waals surface area contributed by atoms with Gasteiger partial charge in [0.15, 0.2) is 0 Å². The van der Waals surface area contributed by atoms with Crippen molar-refractivity contribution in [1.29, 1.82) is 0 Å². The van der Waals surface area contributed by atoms with E-state index in [2.05, 4.69) is 212 Å². The summed E-state index contributed by atoms with van der Waals surface area (Å²) in [5.41, 5.74) is 2.21. The van der Waals surface area contributed by atoms with Gasteiger partial charge >= 0.3 is 0 Å². The predicted octanol–water partition coefficient (Wildman–Crippen LogP) is 9.20. The Hall–Kier alpha value is -0.480.